The molecule has 0 fully saturated rings. The van der Waals surface area contributed by atoms with Crippen molar-refractivity contribution in [1.29, 1.82) is 0 Å². The molecule has 0 saturated heterocycles. The average molecular weight is 389 g/mol. The summed E-state index contributed by atoms with van der Waals surface area (Å²) < 4.78 is 13.6. The lowest BCUT2D eigenvalue weighted by Gasteiger charge is -2.22. The first-order chi connectivity index (χ1) is 11.3. The van der Waals surface area contributed by atoms with E-state index in [4.69, 9.17) is 9.47 Å². The van der Waals surface area contributed by atoms with Gasteiger partial charge in [-0.3, -0.25) is 0 Å². The number of halogens is 1. The molecule has 0 atom stereocenters. The maximum atomic E-state index is 6.30. The molecule has 0 spiro atoms. The van der Waals surface area contributed by atoms with Crippen molar-refractivity contribution < 1.29 is 9.47 Å². The predicted octanol–water partition coefficient (Wildman–Crippen LogP) is 6.17. The van der Waals surface area contributed by atoms with Crippen LogP contribution < -0.4 is 9.47 Å². The first-order valence-electron chi connectivity index (χ1n) is 8.50. The molecule has 24 heavy (non-hydrogen) atoms. The molecule has 0 aromatic heterocycles. The molecule has 128 valence electrons. The van der Waals surface area contributed by atoms with Gasteiger partial charge in [0.05, 0.1) is 4.47 Å². The van der Waals surface area contributed by atoms with Crippen LogP contribution in [0.2, 0.25) is 0 Å². The van der Waals surface area contributed by atoms with Crippen molar-refractivity contribution in [2.75, 3.05) is 0 Å². The Labute approximate surface area is 153 Å². The van der Waals surface area contributed by atoms with Gasteiger partial charge in [0.2, 0.25) is 0 Å². The second-order valence-corrected chi connectivity index (χ2v) is 8.25. The van der Waals surface area contributed by atoms with Gasteiger partial charge >= 0.3 is 0 Å². The van der Waals surface area contributed by atoms with Crippen molar-refractivity contribution in [3.63, 3.8) is 0 Å². The Balaban J connectivity index is 2.04. The van der Waals surface area contributed by atoms with Crippen LogP contribution in [0, 0.1) is 6.92 Å². The number of benzene rings is 2. The highest BCUT2D eigenvalue weighted by atomic mass is 79.9. The molecule has 0 radical (unpaired) electrons. The van der Waals surface area contributed by atoms with Gasteiger partial charge in [0.15, 0.2) is 0 Å². The second-order valence-electron chi connectivity index (χ2n) is 7.46. The van der Waals surface area contributed by atoms with Crippen LogP contribution in [0.1, 0.15) is 55.9 Å². The van der Waals surface area contributed by atoms with E-state index in [2.05, 4.69) is 62.7 Å². The van der Waals surface area contributed by atoms with Gasteiger partial charge in [-0.2, -0.15) is 0 Å². The minimum atomic E-state index is -0.165. The Hall–Kier alpha value is -1.48. The third-order valence-corrected chi connectivity index (χ3v) is 5.32. The van der Waals surface area contributed by atoms with Crippen molar-refractivity contribution in [2.24, 2.45) is 0 Å². The highest BCUT2D eigenvalue weighted by Crippen LogP contribution is 2.50. The van der Waals surface area contributed by atoms with Crippen LogP contribution in [0.25, 0.3) is 0 Å². The van der Waals surface area contributed by atoms with Gasteiger partial charge in [0.1, 0.15) is 23.7 Å². The van der Waals surface area contributed by atoms with Crippen LogP contribution in [0.3, 0.4) is 0 Å². The summed E-state index contributed by atoms with van der Waals surface area (Å²) in [5, 5.41) is 0. The first-order valence-corrected chi connectivity index (χ1v) is 9.30. The number of hydrogen-bond acceptors (Lipinski definition) is 2. The van der Waals surface area contributed by atoms with Crippen LogP contribution in [-0.2, 0) is 13.0 Å². The summed E-state index contributed by atoms with van der Waals surface area (Å²) in [6.45, 7) is 11.4. The van der Waals surface area contributed by atoms with Gasteiger partial charge in [-0.25, -0.2) is 0 Å². The van der Waals surface area contributed by atoms with Crippen molar-refractivity contribution in [3.05, 3.63) is 57.1 Å². The highest BCUT2D eigenvalue weighted by molar-refractivity contribution is 9.10. The quantitative estimate of drug-likeness (QED) is 0.622. The van der Waals surface area contributed by atoms with Crippen LogP contribution >= 0.6 is 15.9 Å². The summed E-state index contributed by atoms with van der Waals surface area (Å²) in [5.74, 6) is 2.34. The van der Waals surface area contributed by atoms with Gasteiger partial charge < -0.3 is 9.47 Å². The first kappa shape index (κ1) is 17.3. The van der Waals surface area contributed by atoms with Gasteiger partial charge in [0, 0.05) is 17.5 Å². The molecule has 2 aromatic carbocycles. The van der Waals surface area contributed by atoms with E-state index in [9.17, 15) is 0 Å². The molecule has 0 amide bonds. The topological polar surface area (TPSA) is 18.5 Å². The fourth-order valence-electron chi connectivity index (χ4n) is 3.35. The molecule has 1 heterocycles. The molecular weight excluding hydrogens is 364 g/mol. The number of hydrogen-bond donors (Lipinski definition) is 0. The second kappa shape index (κ2) is 6.44. The Morgan fingerprint density at radius 3 is 2.50 bits per heavy atom. The minimum absolute atomic E-state index is 0.165. The monoisotopic (exact) mass is 388 g/mol. The third kappa shape index (κ3) is 3.19. The zero-order valence-corrected chi connectivity index (χ0v) is 16.7. The smallest absolute Gasteiger partial charge is 0.138 e. The summed E-state index contributed by atoms with van der Waals surface area (Å²) in [6, 6.07) is 10.3. The van der Waals surface area contributed by atoms with E-state index in [0.717, 1.165) is 22.4 Å². The van der Waals surface area contributed by atoms with Crippen LogP contribution in [0.4, 0.5) is 0 Å². The predicted molar refractivity (Wildman–Crippen MR) is 102 cm³/mol. The number of fused-ring (bicyclic) bond motifs is 1. The largest absolute Gasteiger partial charge is 0.488 e. The van der Waals surface area contributed by atoms with Gasteiger partial charge in [-0.1, -0.05) is 44.2 Å². The Kier molecular flexibility index (Phi) is 4.65. The van der Waals surface area contributed by atoms with Crippen molar-refractivity contribution in [1.82, 2.24) is 0 Å². The van der Waals surface area contributed by atoms with Crippen molar-refractivity contribution in [2.45, 2.75) is 59.2 Å². The lowest BCUT2D eigenvalue weighted by atomic mass is 9.92. The van der Waals surface area contributed by atoms with Crippen LogP contribution in [0.15, 0.2) is 34.8 Å². The molecule has 0 bridgehead atoms. The fourth-order valence-corrected chi connectivity index (χ4v) is 4.31. The van der Waals surface area contributed by atoms with Crippen LogP contribution in [-0.4, -0.2) is 5.60 Å². The molecule has 1 aliphatic rings. The summed E-state index contributed by atoms with van der Waals surface area (Å²) in [6.07, 6.45) is 0.910. The highest BCUT2D eigenvalue weighted by Gasteiger charge is 2.36. The van der Waals surface area contributed by atoms with E-state index < -0.39 is 0 Å². The van der Waals surface area contributed by atoms with Crippen molar-refractivity contribution >= 4 is 15.9 Å². The Morgan fingerprint density at radius 1 is 1.21 bits per heavy atom. The van der Waals surface area contributed by atoms with Crippen LogP contribution in [0.5, 0.6) is 11.5 Å². The molecule has 0 unspecified atom stereocenters. The fraction of sp³-hybridized carbons (Fsp3) is 0.429. The van der Waals surface area contributed by atoms with E-state index in [1.165, 1.54) is 22.3 Å². The Morgan fingerprint density at radius 2 is 1.88 bits per heavy atom. The SMILES string of the molecule is Cc1c2c(c(Br)c(C(C)C)c1OCc1ccccc1)OC(C)(C)C2. The molecule has 3 rings (SSSR count). The minimum Gasteiger partial charge on any atom is -0.488 e. The van der Waals surface area contributed by atoms with E-state index in [1.54, 1.807) is 0 Å². The van der Waals surface area contributed by atoms with E-state index in [0.29, 0.717) is 12.5 Å². The summed E-state index contributed by atoms with van der Waals surface area (Å²) in [7, 11) is 0. The Bertz CT molecular complexity index is 748. The lowest BCUT2D eigenvalue weighted by molar-refractivity contribution is 0.137. The van der Waals surface area contributed by atoms with Gasteiger partial charge in [-0.05, 0) is 53.7 Å². The van der Waals surface area contributed by atoms with E-state index >= 15 is 0 Å². The maximum Gasteiger partial charge on any atom is 0.138 e. The van der Waals surface area contributed by atoms with Crippen molar-refractivity contribution in [3.8, 4) is 11.5 Å². The third-order valence-electron chi connectivity index (χ3n) is 4.53. The lowest BCUT2D eigenvalue weighted by Crippen LogP contribution is -2.24. The zero-order chi connectivity index (χ0) is 17.5. The molecular formula is C21H25BrO2. The molecule has 2 nitrogen and oxygen atoms in total. The van der Waals surface area contributed by atoms with Gasteiger partial charge in [0.25, 0.3) is 0 Å². The average Bonchev–Trinajstić information content (AvgIpc) is 2.86. The maximum absolute atomic E-state index is 6.30. The molecule has 2 aromatic rings. The number of ether oxygens (including phenoxy) is 2. The zero-order valence-electron chi connectivity index (χ0n) is 15.1. The molecule has 1 aliphatic heterocycles. The molecule has 0 aliphatic carbocycles. The number of rotatable bonds is 4. The summed E-state index contributed by atoms with van der Waals surface area (Å²) in [4.78, 5) is 0. The summed E-state index contributed by atoms with van der Waals surface area (Å²) in [5.41, 5.74) is 4.68. The van der Waals surface area contributed by atoms with E-state index in [-0.39, 0.29) is 5.60 Å². The molecule has 0 saturated carbocycles. The normalized spacial score (nSPS) is 15.3. The molecule has 3 heteroatoms. The standard InChI is InChI=1S/C21H25BrO2/c1-13(2)17-18(22)20-16(11-21(4,5)24-20)14(3)19(17)23-12-15-9-7-6-8-10-15/h6-10,13H,11-12H2,1-5H3. The molecule has 0 N–H and O–H groups in total. The van der Waals surface area contributed by atoms with Gasteiger partial charge in [-0.15, -0.1) is 0 Å². The van der Waals surface area contributed by atoms with E-state index in [1.807, 2.05) is 18.2 Å². The summed E-state index contributed by atoms with van der Waals surface area (Å²) >= 11 is 3.79.